The molecule has 80 valence electrons. The van der Waals surface area contributed by atoms with Crippen LogP contribution in [0.4, 0.5) is 5.69 Å². The SMILES string of the molecule is NC1(Cc2ccc(Br)cc2[N+](=O)[O-])CC1. The topological polar surface area (TPSA) is 69.2 Å². The number of halogens is 1. The predicted molar refractivity (Wildman–Crippen MR) is 60.7 cm³/mol. The molecule has 0 heterocycles. The maximum atomic E-state index is 10.8. The fourth-order valence-corrected chi connectivity index (χ4v) is 1.92. The molecule has 1 aromatic rings. The number of nitro benzene ring substituents is 1. The normalized spacial score (nSPS) is 17.5. The molecular formula is C10H11BrN2O2. The molecule has 0 unspecified atom stereocenters. The van der Waals surface area contributed by atoms with E-state index in [0.29, 0.717) is 6.42 Å². The summed E-state index contributed by atoms with van der Waals surface area (Å²) >= 11 is 3.22. The van der Waals surface area contributed by atoms with Gasteiger partial charge in [-0.25, -0.2) is 0 Å². The van der Waals surface area contributed by atoms with Gasteiger partial charge in [0.1, 0.15) is 0 Å². The molecule has 0 amide bonds. The zero-order valence-corrected chi connectivity index (χ0v) is 9.66. The Hall–Kier alpha value is -0.940. The summed E-state index contributed by atoms with van der Waals surface area (Å²) in [6.07, 6.45) is 2.51. The maximum Gasteiger partial charge on any atom is 0.273 e. The lowest BCUT2D eigenvalue weighted by molar-refractivity contribution is -0.385. The van der Waals surface area contributed by atoms with Crippen molar-refractivity contribution >= 4 is 21.6 Å². The van der Waals surface area contributed by atoms with Crippen molar-refractivity contribution in [1.82, 2.24) is 0 Å². The van der Waals surface area contributed by atoms with Crippen LogP contribution in [0.1, 0.15) is 18.4 Å². The first-order valence-electron chi connectivity index (χ1n) is 4.72. The molecule has 5 heteroatoms. The van der Waals surface area contributed by atoms with Gasteiger partial charge < -0.3 is 5.73 Å². The molecule has 1 aliphatic carbocycles. The Balaban J connectivity index is 2.32. The Morgan fingerprint density at radius 3 is 2.73 bits per heavy atom. The van der Waals surface area contributed by atoms with Crippen LogP contribution in [0.25, 0.3) is 0 Å². The van der Waals surface area contributed by atoms with Gasteiger partial charge in [-0.2, -0.15) is 0 Å². The third kappa shape index (κ3) is 2.35. The largest absolute Gasteiger partial charge is 0.325 e. The molecule has 2 rings (SSSR count). The molecule has 0 aromatic heterocycles. The van der Waals surface area contributed by atoms with Crippen molar-refractivity contribution in [3.8, 4) is 0 Å². The zero-order valence-electron chi connectivity index (χ0n) is 8.07. The van der Waals surface area contributed by atoms with E-state index in [0.717, 1.165) is 22.9 Å². The van der Waals surface area contributed by atoms with Crippen molar-refractivity contribution in [3.05, 3.63) is 38.3 Å². The number of nitro groups is 1. The minimum absolute atomic E-state index is 0.154. The first kappa shape index (κ1) is 10.6. The van der Waals surface area contributed by atoms with Crippen LogP contribution in [0.2, 0.25) is 0 Å². The average molecular weight is 271 g/mol. The first-order chi connectivity index (χ1) is 7.00. The highest BCUT2D eigenvalue weighted by Crippen LogP contribution is 2.38. The van der Waals surface area contributed by atoms with Crippen LogP contribution in [0.3, 0.4) is 0 Å². The van der Waals surface area contributed by atoms with E-state index in [1.807, 2.05) is 6.07 Å². The second-order valence-corrected chi connectivity index (χ2v) is 4.98. The van der Waals surface area contributed by atoms with Crippen molar-refractivity contribution in [1.29, 1.82) is 0 Å². The Morgan fingerprint density at radius 2 is 2.20 bits per heavy atom. The Morgan fingerprint density at radius 1 is 1.53 bits per heavy atom. The molecule has 1 aromatic carbocycles. The van der Waals surface area contributed by atoms with E-state index in [-0.39, 0.29) is 16.1 Å². The summed E-state index contributed by atoms with van der Waals surface area (Å²) in [5.41, 5.74) is 6.63. The standard InChI is InChI=1S/C10H11BrN2O2/c11-8-2-1-7(6-10(12)3-4-10)9(5-8)13(14)15/h1-2,5H,3-4,6,12H2. The van der Waals surface area contributed by atoms with Gasteiger partial charge in [0.2, 0.25) is 0 Å². The highest BCUT2D eigenvalue weighted by Gasteiger charge is 2.39. The summed E-state index contributed by atoms with van der Waals surface area (Å²) in [7, 11) is 0. The van der Waals surface area contributed by atoms with Crippen molar-refractivity contribution in [2.75, 3.05) is 0 Å². The zero-order chi connectivity index (χ0) is 11.1. The molecule has 0 aliphatic heterocycles. The quantitative estimate of drug-likeness (QED) is 0.677. The van der Waals surface area contributed by atoms with E-state index >= 15 is 0 Å². The number of rotatable bonds is 3. The molecule has 0 spiro atoms. The van der Waals surface area contributed by atoms with Gasteiger partial charge in [-0.05, 0) is 25.3 Å². The van der Waals surface area contributed by atoms with E-state index in [1.54, 1.807) is 6.07 Å². The van der Waals surface area contributed by atoms with Gasteiger partial charge in [0.25, 0.3) is 5.69 Å². The van der Waals surface area contributed by atoms with Gasteiger partial charge >= 0.3 is 0 Å². The second kappa shape index (κ2) is 3.57. The summed E-state index contributed by atoms with van der Waals surface area (Å²) in [4.78, 5) is 10.5. The molecule has 15 heavy (non-hydrogen) atoms. The molecule has 1 aliphatic rings. The van der Waals surface area contributed by atoms with E-state index in [9.17, 15) is 10.1 Å². The van der Waals surface area contributed by atoms with Crippen LogP contribution < -0.4 is 5.73 Å². The lowest BCUT2D eigenvalue weighted by atomic mass is 10.0. The highest BCUT2D eigenvalue weighted by atomic mass is 79.9. The summed E-state index contributed by atoms with van der Waals surface area (Å²) in [5, 5.41) is 10.8. The third-order valence-electron chi connectivity index (χ3n) is 2.68. The number of hydrogen-bond donors (Lipinski definition) is 1. The second-order valence-electron chi connectivity index (χ2n) is 4.07. The summed E-state index contributed by atoms with van der Waals surface area (Å²) in [6, 6.07) is 5.12. The minimum atomic E-state index is -0.355. The smallest absolute Gasteiger partial charge is 0.273 e. The molecule has 2 N–H and O–H groups in total. The van der Waals surface area contributed by atoms with Gasteiger partial charge in [0.15, 0.2) is 0 Å². The molecule has 0 radical (unpaired) electrons. The first-order valence-corrected chi connectivity index (χ1v) is 5.51. The van der Waals surface area contributed by atoms with E-state index < -0.39 is 0 Å². The highest BCUT2D eigenvalue weighted by molar-refractivity contribution is 9.10. The number of hydrogen-bond acceptors (Lipinski definition) is 3. The van der Waals surface area contributed by atoms with Crippen molar-refractivity contribution in [2.24, 2.45) is 5.73 Å². The number of benzene rings is 1. The average Bonchev–Trinajstić information content (AvgIpc) is 2.87. The lowest BCUT2D eigenvalue weighted by Gasteiger charge is -2.08. The van der Waals surface area contributed by atoms with Crippen LogP contribution in [-0.2, 0) is 6.42 Å². The monoisotopic (exact) mass is 270 g/mol. The molecular weight excluding hydrogens is 260 g/mol. The Kier molecular flexibility index (Phi) is 2.52. The number of nitrogens with two attached hydrogens (primary N) is 1. The lowest BCUT2D eigenvalue weighted by Crippen LogP contribution is -2.24. The molecule has 0 atom stereocenters. The third-order valence-corrected chi connectivity index (χ3v) is 3.17. The minimum Gasteiger partial charge on any atom is -0.325 e. The van der Waals surface area contributed by atoms with Gasteiger partial charge in [-0.1, -0.05) is 22.0 Å². The maximum absolute atomic E-state index is 10.8. The van der Waals surface area contributed by atoms with E-state index in [1.165, 1.54) is 6.07 Å². The Bertz CT molecular complexity index is 416. The molecule has 4 nitrogen and oxygen atoms in total. The van der Waals surface area contributed by atoms with Crippen molar-refractivity contribution in [3.63, 3.8) is 0 Å². The van der Waals surface area contributed by atoms with Crippen LogP contribution in [0.5, 0.6) is 0 Å². The number of nitrogens with zero attached hydrogens (tertiary/aromatic N) is 1. The van der Waals surface area contributed by atoms with E-state index in [2.05, 4.69) is 15.9 Å². The molecule has 1 saturated carbocycles. The van der Waals surface area contributed by atoms with Crippen LogP contribution in [0, 0.1) is 10.1 Å². The summed E-state index contributed by atoms with van der Waals surface area (Å²) in [5.74, 6) is 0. The van der Waals surface area contributed by atoms with Crippen molar-refractivity contribution in [2.45, 2.75) is 24.8 Å². The van der Waals surface area contributed by atoms with Gasteiger partial charge in [0.05, 0.1) is 4.92 Å². The van der Waals surface area contributed by atoms with Crippen LogP contribution in [-0.4, -0.2) is 10.5 Å². The molecule has 0 saturated heterocycles. The van der Waals surface area contributed by atoms with Crippen LogP contribution in [0.15, 0.2) is 22.7 Å². The fourth-order valence-electron chi connectivity index (χ4n) is 1.57. The summed E-state index contributed by atoms with van der Waals surface area (Å²) in [6.45, 7) is 0. The Labute approximate surface area is 95.7 Å². The van der Waals surface area contributed by atoms with Gasteiger partial charge in [-0.15, -0.1) is 0 Å². The van der Waals surface area contributed by atoms with Crippen LogP contribution >= 0.6 is 15.9 Å². The summed E-state index contributed by atoms with van der Waals surface area (Å²) < 4.78 is 0.722. The molecule has 0 bridgehead atoms. The van der Waals surface area contributed by atoms with E-state index in [4.69, 9.17) is 5.73 Å². The molecule has 1 fully saturated rings. The fraction of sp³-hybridized carbons (Fsp3) is 0.400. The predicted octanol–water partition coefficient (Wildman–Crippen LogP) is 2.39. The van der Waals surface area contributed by atoms with Gasteiger partial charge in [0, 0.05) is 21.6 Å². The van der Waals surface area contributed by atoms with Gasteiger partial charge in [-0.3, -0.25) is 10.1 Å². The van der Waals surface area contributed by atoms with Crippen molar-refractivity contribution < 1.29 is 4.92 Å².